The van der Waals surface area contributed by atoms with Crippen LogP contribution in [0.1, 0.15) is 55.4 Å². The van der Waals surface area contributed by atoms with Gasteiger partial charge in [0.15, 0.2) is 5.78 Å². The molecule has 0 amide bonds. The van der Waals surface area contributed by atoms with E-state index in [4.69, 9.17) is 0 Å². The monoisotopic (exact) mass is 268 g/mol. The maximum atomic E-state index is 12.3. The quantitative estimate of drug-likeness (QED) is 0.529. The number of carbonyl (C=O) groups is 1. The molecule has 0 heterocycles. The molecule has 0 rings (SSSR count). The van der Waals surface area contributed by atoms with Gasteiger partial charge in [-0.15, -0.1) is 0 Å². The molecular weight excluding hydrogens is 236 g/mol. The minimum Gasteiger partial charge on any atom is -0.512 e. The van der Waals surface area contributed by atoms with E-state index in [-0.39, 0.29) is 23.4 Å². The van der Waals surface area contributed by atoms with Crippen LogP contribution >= 0.6 is 0 Å². The Morgan fingerprint density at radius 1 is 0.737 bits per heavy atom. The van der Waals surface area contributed by atoms with E-state index >= 15 is 0 Å². The first-order chi connectivity index (χ1) is 8.59. The molecule has 0 unspecified atom stereocenters. The standard InChI is InChI=1S/C17H32O2/c1-10(2)16(11(3)4)14(18)9-15(19)17(12(5)6)13(7)8/h9-13,16-18H,1-8H3/b14-9-. The van der Waals surface area contributed by atoms with Crippen LogP contribution in [0.25, 0.3) is 0 Å². The highest BCUT2D eigenvalue weighted by Gasteiger charge is 2.27. The first-order valence-electron chi connectivity index (χ1n) is 7.53. The summed E-state index contributed by atoms with van der Waals surface area (Å²) in [6.45, 7) is 16.6. The lowest BCUT2D eigenvalue weighted by atomic mass is 9.79. The topological polar surface area (TPSA) is 37.3 Å². The molecule has 0 saturated heterocycles. The number of ketones is 1. The van der Waals surface area contributed by atoms with Crippen LogP contribution in [-0.2, 0) is 4.79 Å². The Balaban J connectivity index is 5.15. The first-order valence-corrected chi connectivity index (χ1v) is 7.53. The molecule has 0 aromatic rings. The van der Waals surface area contributed by atoms with Crippen LogP contribution in [0.2, 0.25) is 0 Å². The molecule has 0 saturated carbocycles. The number of hydrogen-bond acceptors (Lipinski definition) is 2. The van der Waals surface area contributed by atoms with Crippen LogP contribution in [-0.4, -0.2) is 10.9 Å². The molecule has 0 bridgehead atoms. The largest absolute Gasteiger partial charge is 0.512 e. The zero-order chi connectivity index (χ0) is 15.3. The van der Waals surface area contributed by atoms with Crippen molar-refractivity contribution in [3.8, 4) is 0 Å². The Hall–Kier alpha value is -0.790. The molecule has 112 valence electrons. The summed E-state index contributed by atoms with van der Waals surface area (Å²) in [5, 5.41) is 10.3. The van der Waals surface area contributed by atoms with Gasteiger partial charge in [0.1, 0.15) is 0 Å². The maximum Gasteiger partial charge on any atom is 0.162 e. The van der Waals surface area contributed by atoms with Crippen molar-refractivity contribution in [1.29, 1.82) is 0 Å². The minimum absolute atomic E-state index is 0.0119. The molecule has 0 aliphatic rings. The third-order valence-electron chi connectivity index (χ3n) is 3.83. The van der Waals surface area contributed by atoms with Crippen LogP contribution in [0.3, 0.4) is 0 Å². The lowest BCUT2D eigenvalue weighted by molar-refractivity contribution is -0.121. The van der Waals surface area contributed by atoms with Crippen LogP contribution in [0.5, 0.6) is 0 Å². The average Bonchev–Trinajstić information content (AvgIpc) is 2.13. The highest BCUT2D eigenvalue weighted by molar-refractivity contribution is 5.92. The molecule has 19 heavy (non-hydrogen) atoms. The molecule has 0 atom stereocenters. The maximum absolute atomic E-state index is 12.3. The molecular formula is C17H32O2. The van der Waals surface area contributed by atoms with E-state index in [9.17, 15) is 9.90 Å². The van der Waals surface area contributed by atoms with Gasteiger partial charge in [-0.2, -0.15) is 0 Å². The number of aliphatic hydroxyl groups excluding tert-OH is 1. The fourth-order valence-corrected chi connectivity index (χ4v) is 3.22. The zero-order valence-corrected chi connectivity index (χ0v) is 13.9. The Labute approximate surface area is 119 Å². The number of rotatable bonds is 7. The molecule has 0 fully saturated rings. The van der Waals surface area contributed by atoms with Gasteiger partial charge < -0.3 is 5.11 Å². The summed E-state index contributed by atoms with van der Waals surface area (Å²) in [5.41, 5.74) is 0. The molecule has 0 aromatic carbocycles. The SMILES string of the molecule is CC(C)C(C(=O)/C=C(\O)C(C(C)C)C(C)C)C(C)C. The lowest BCUT2D eigenvalue weighted by Crippen LogP contribution is -2.26. The second kappa shape index (κ2) is 7.72. The third-order valence-corrected chi connectivity index (χ3v) is 3.83. The van der Waals surface area contributed by atoms with Crippen LogP contribution in [0, 0.1) is 35.5 Å². The summed E-state index contributed by atoms with van der Waals surface area (Å²) in [4.78, 5) is 12.3. The second-order valence-electron chi connectivity index (χ2n) is 7.00. The summed E-state index contributed by atoms with van der Waals surface area (Å²) in [5.74, 6) is 1.63. The molecule has 0 spiro atoms. The van der Waals surface area contributed by atoms with Crippen molar-refractivity contribution in [3.63, 3.8) is 0 Å². The summed E-state index contributed by atoms with van der Waals surface area (Å²) in [6.07, 6.45) is 1.48. The molecule has 0 aromatic heterocycles. The Morgan fingerprint density at radius 2 is 1.05 bits per heavy atom. The van der Waals surface area contributed by atoms with Crippen molar-refractivity contribution in [3.05, 3.63) is 11.8 Å². The second-order valence-corrected chi connectivity index (χ2v) is 7.00. The molecule has 0 radical (unpaired) electrons. The van der Waals surface area contributed by atoms with Gasteiger partial charge in [0.05, 0.1) is 5.76 Å². The van der Waals surface area contributed by atoms with Gasteiger partial charge in [0.25, 0.3) is 0 Å². The highest BCUT2D eigenvalue weighted by atomic mass is 16.3. The van der Waals surface area contributed by atoms with Crippen molar-refractivity contribution in [2.24, 2.45) is 35.5 Å². The predicted octanol–water partition coefficient (Wildman–Crippen LogP) is 4.85. The van der Waals surface area contributed by atoms with Crippen LogP contribution in [0.4, 0.5) is 0 Å². The van der Waals surface area contributed by atoms with Gasteiger partial charge in [0.2, 0.25) is 0 Å². The smallest absolute Gasteiger partial charge is 0.162 e. The summed E-state index contributed by atoms with van der Waals surface area (Å²) >= 11 is 0. The number of hydrogen-bond donors (Lipinski definition) is 1. The Morgan fingerprint density at radius 3 is 1.32 bits per heavy atom. The van der Waals surface area contributed by atoms with E-state index in [1.54, 1.807) is 0 Å². The summed E-state index contributed by atoms with van der Waals surface area (Å²) in [7, 11) is 0. The normalized spacial score (nSPS) is 13.7. The fraction of sp³-hybridized carbons (Fsp3) is 0.824. The number of aliphatic hydroxyl groups is 1. The molecule has 0 aliphatic carbocycles. The number of carbonyl (C=O) groups excluding carboxylic acids is 1. The van der Waals surface area contributed by atoms with Crippen LogP contribution in [0.15, 0.2) is 11.8 Å². The molecule has 0 aliphatic heterocycles. The summed E-state index contributed by atoms with van der Waals surface area (Å²) in [6, 6.07) is 0. The van der Waals surface area contributed by atoms with E-state index in [0.717, 1.165) is 0 Å². The average molecular weight is 268 g/mol. The first kappa shape index (κ1) is 18.2. The van der Waals surface area contributed by atoms with Crippen molar-refractivity contribution in [2.75, 3.05) is 0 Å². The fourth-order valence-electron chi connectivity index (χ4n) is 3.22. The van der Waals surface area contributed by atoms with E-state index in [1.165, 1.54) is 6.08 Å². The van der Waals surface area contributed by atoms with Crippen molar-refractivity contribution < 1.29 is 9.90 Å². The van der Waals surface area contributed by atoms with Gasteiger partial charge >= 0.3 is 0 Å². The van der Waals surface area contributed by atoms with Crippen LogP contribution < -0.4 is 0 Å². The van der Waals surface area contributed by atoms with E-state index in [1.807, 2.05) is 0 Å². The highest BCUT2D eigenvalue weighted by Crippen LogP contribution is 2.28. The lowest BCUT2D eigenvalue weighted by Gasteiger charge is -2.26. The van der Waals surface area contributed by atoms with Gasteiger partial charge in [-0.25, -0.2) is 0 Å². The van der Waals surface area contributed by atoms with E-state index in [2.05, 4.69) is 55.4 Å². The molecule has 2 nitrogen and oxygen atoms in total. The third kappa shape index (κ3) is 5.38. The van der Waals surface area contributed by atoms with Gasteiger partial charge in [0, 0.05) is 17.9 Å². The Kier molecular flexibility index (Phi) is 7.39. The number of allylic oxidation sites excluding steroid dienone is 2. The zero-order valence-electron chi connectivity index (χ0n) is 13.9. The van der Waals surface area contributed by atoms with Gasteiger partial charge in [-0.1, -0.05) is 55.4 Å². The van der Waals surface area contributed by atoms with E-state index < -0.39 is 0 Å². The Bertz CT molecular complexity index is 295. The van der Waals surface area contributed by atoms with Crippen molar-refractivity contribution >= 4 is 5.78 Å². The summed E-state index contributed by atoms with van der Waals surface area (Å²) < 4.78 is 0. The molecule has 1 N–H and O–H groups in total. The predicted molar refractivity (Wildman–Crippen MR) is 82.1 cm³/mol. The van der Waals surface area contributed by atoms with Crippen molar-refractivity contribution in [1.82, 2.24) is 0 Å². The van der Waals surface area contributed by atoms with Gasteiger partial charge in [-0.05, 0) is 23.7 Å². The van der Waals surface area contributed by atoms with E-state index in [0.29, 0.717) is 23.7 Å². The van der Waals surface area contributed by atoms with Crippen molar-refractivity contribution in [2.45, 2.75) is 55.4 Å². The molecule has 2 heteroatoms. The minimum atomic E-state index is -0.0119. The van der Waals surface area contributed by atoms with Gasteiger partial charge in [-0.3, -0.25) is 4.79 Å².